The molecule has 0 spiro atoms. The van der Waals surface area contributed by atoms with E-state index in [1.807, 2.05) is 0 Å². The van der Waals surface area contributed by atoms with E-state index in [0.29, 0.717) is 11.3 Å². The molecule has 3 N–H and O–H groups in total. The number of carboxylic acid groups (broad SMARTS) is 1. The molecule has 0 bridgehead atoms. The highest BCUT2D eigenvalue weighted by molar-refractivity contribution is 5.87. The van der Waals surface area contributed by atoms with Crippen molar-refractivity contribution in [1.82, 2.24) is 20.3 Å². The number of carbonyl (C=O) groups is 2. The second kappa shape index (κ2) is 4.08. The van der Waals surface area contributed by atoms with E-state index in [0.717, 1.165) is 5.39 Å². The molecule has 0 aliphatic carbocycles. The van der Waals surface area contributed by atoms with Crippen molar-refractivity contribution in [2.24, 2.45) is 0 Å². The van der Waals surface area contributed by atoms with Gasteiger partial charge in [0.15, 0.2) is 0 Å². The lowest BCUT2D eigenvalue weighted by atomic mass is 10.3. The third-order valence-electron chi connectivity index (χ3n) is 1.98. The molecule has 8 heteroatoms. The monoisotopic (exact) mass is 236 g/mol. The van der Waals surface area contributed by atoms with Gasteiger partial charge in [0.05, 0.1) is 5.69 Å². The van der Waals surface area contributed by atoms with E-state index in [1.165, 1.54) is 5.32 Å². The molecule has 0 aliphatic rings. The second-order valence-electron chi connectivity index (χ2n) is 3.15. The summed E-state index contributed by atoms with van der Waals surface area (Å²) in [5.74, 6) is 0. The smallest absolute Gasteiger partial charge is 0.424 e. The van der Waals surface area contributed by atoms with Crippen LogP contribution in [0, 0.1) is 6.92 Å². The van der Waals surface area contributed by atoms with E-state index in [4.69, 9.17) is 5.11 Å². The molecule has 0 unspecified atom stereocenters. The lowest BCUT2D eigenvalue weighted by Gasteiger charge is -2.02. The van der Waals surface area contributed by atoms with Crippen molar-refractivity contribution in [1.29, 1.82) is 0 Å². The second-order valence-corrected chi connectivity index (χ2v) is 3.15. The molecule has 2 aromatic heterocycles. The van der Waals surface area contributed by atoms with Crippen molar-refractivity contribution in [3.63, 3.8) is 0 Å². The van der Waals surface area contributed by atoms with Crippen LogP contribution in [0.3, 0.4) is 0 Å². The predicted octanol–water partition coefficient (Wildman–Crippen LogP) is 1.03. The van der Waals surface area contributed by atoms with Crippen molar-refractivity contribution < 1.29 is 19.4 Å². The molecule has 0 atom stereocenters. The van der Waals surface area contributed by atoms with Gasteiger partial charge in [0.2, 0.25) is 0 Å². The highest BCUT2D eigenvalue weighted by Crippen LogP contribution is 2.16. The fourth-order valence-electron chi connectivity index (χ4n) is 1.31. The first-order chi connectivity index (χ1) is 8.06. The largest absolute Gasteiger partial charge is 0.465 e. The summed E-state index contributed by atoms with van der Waals surface area (Å²) in [6.07, 6.45) is -0.983. The molecule has 88 valence electrons. The SMILES string of the molecule is Cc1nc(OC(=O)NC(=O)O)nc2[nH]ccc12. The molecule has 0 radical (unpaired) electrons. The van der Waals surface area contributed by atoms with Gasteiger partial charge in [-0.3, -0.25) is 0 Å². The maximum Gasteiger partial charge on any atom is 0.424 e. The van der Waals surface area contributed by atoms with Gasteiger partial charge < -0.3 is 14.8 Å². The Morgan fingerprint density at radius 2 is 2.24 bits per heavy atom. The van der Waals surface area contributed by atoms with E-state index in [9.17, 15) is 9.59 Å². The van der Waals surface area contributed by atoms with Gasteiger partial charge in [0.25, 0.3) is 0 Å². The zero-order chi connectivity index (χ0) is 12.4. The first-order valence-corrected chi connectivity index (χ1v) is 4.60. The summed E-state index contributed by atoms with van der Waals surface area (Å²) in [6, 6.07) is 1.57. The Balaban J connectivity index is 2.24. The Kier molecular flexibility index (Phi) is 2.61. The summed E-state index contributed by atoms with van der Waals surface area (Å²) in [6.45, 7) is 1.72. The topological polar surface area (TPSA) is 117 Å². The minimum atomic E-state index is -1.51. The summed E-state index contributed by atoms with van der Waals surface area (Å²) in [5.41, 5.74) is 1.13. The first-order valence-electron chi connectivity index (χ1n) is 4.60. The van der Waals surface area contributed by atoms with E-state index < -0.39 is 12.2 Å². The van der Waals surface area contributed by atoms with Crippen LogP contribution in [0.25, 0.3) is 11.0 Å². The van der Waals surface area contributed by atoms with Gasteiger partial charge in [0, 0.05) is 11.6 Å². The Hall–Kier alpha value is -2.64. The Morgan fingerprint density at radius 1 is 1.47 bits per heavy atom. The average Bonchev–Trinajstić information content (AvgIpc) is 2.64. The van der Waals surface area contributed by atoms with Crippen LogP contribution in [0.15, 0.2) is 12.3 Å². The molecule has 0 saturated carbocycles. The van der Waals surface area contributed by atoms with Crippen LogP contribution < -0.4 is 10.1 Å². The van der Waals surface area contributed by atoms with Crippen LogP contribution in [0.2, 0.25) is 0 Å². The number of amides is 2. The van der Waals surface area contributed by atoms with Crippen LogP contribution >= 0.6 is 0 Å². The summed E-state index contributed by atoms with van der Waals surface area (Å²) in [4.78, 5) is 31.8. The van der Waals surface area contributed by atoms with Gasteiger partial charge in [-0.05, 0) is 13.0 Å². The molecule has 2 amide bonds. The number of imide groups is 1. The molecular formula is C9H8N4O4. The van der Waals surface area contributed by atoms with Crippen LogP contribution in [0.1, 0.15) is 5.69 Å². The van der Waals surface area contributed by atoms with Gasteiger partial charge in [-0.25, -0.2) is 14.9 Å². The molecule has 17 heavy (non-hydrogen) atoms. The Morgan fingerprint density at radius 3 is 2.94 bits per heavy atom. The number of fused-ring (bicyclic) bond motifs is 1. The highest BCUT2D eigenvalue weighted by Gasteiger charge is 2.12. The normalized spacial score (nSPS) is 10.2. The quantitative estimate of drug-likeness (QED) is 0.680. The zero-order valence-corrected chi connectivity index (χ0v) is 8.72. The van der Waals surface area contributed by atoms with Crippen molar-refractivity contribution in [2.75, 3.05) is 0 Å². The molecule has 2 heterocycles. The summed E-state index contributed by atoms with van der Waals surface area (Å²) >= 11 is 0. The number of hydrogen-bond acceptors (Lipinski definition) is 5. The molecule has 0 saturated heterocycles. The number of aryl methyl sites for hydroxylation is 1. The maximum atomic E-state index is 11.0. The van der Waals surface area contributed by atoms with Gasteiger partial charge in [-0.2, -0.15) is 9.97 Å². The van der Waals surface area contributed by atoms with Crippen LogP contribution in [0.4, 0.5) is 9.59 Å². The zero-order valence-electron chi connectivity index (χ0n) is 8.72. The third-order valence-corrected chi connectivity index (χ3v) is 1.98. The summed E-state index contributed by atoms with van der Waals surface area (Å²) < 4.78 is 4.61. The van der Waals surface area contributed by atoms with Crippen molar-refractivity contribution >= 4 is 23.2 Å². The van der Waals surface area contributed by atoms with E-state index in [2.05, 4.69) is 19.7 Å². The number of hydrogen-bond donors (Lipinski definition) is 3. The highest BCUT2D eigenvalue weighted by atomic mass is 16.6. The molecular weight excluding hydrogens is 228 g/mol. The van der Waals surface area contributed by atoms with Gasteiger partial charge in [0.1, 0.15) is 5.65 Å². The molecule has 0 fully saturated rings. The van der Waals surface area contributed by atoms with E-state index in [-0.39, 0.29) is 6.01 Å². The van der Waals surface area contributed by atoms with Crippen LogP contribution in [0.5, 0.6) is 6.01 Å². The Labute approximate surface area is 94.6 Å². The standard InChI is InChI=1S/C9H8N4O4/c1-4-5-2-3-10-6(5)12-7(11-4)17-9(16)13-8(14)15/h2-3H,1H3,(H,13,16)(H,14,15)(H,10,11,12). The van der Waals surface area contributed by atoms with Crippen molar-refractivity contribution in [2.45, 2.75) is 6.92 Å². The summed E-state index contributed by atoms with van der Waals surface area (Å²) in [7, 11) is 0. The van der Waals surface area contributed by atoms with E-state index >= 15 is 0 Å². The minimum absolute atomic E-state index is 0.212. The number of ether oxygens (including phenoxy) is 1. The molecule has 0 aliphatic heterocycles. The van der Waals surface area contributed by atoms with E-state index in [1.54, 1.807) is 19.2 Å². The first kappa shape index (κ1) is 10.9. The number of H-pyrrole nitrogens is 1. The molecule has 0 aromatic carbocycles. The van der Waals surface area contributed by atoms with Crippen LogP contribution in [-0.4, -0.2) is 32.2 Å². The van der Waals surface area contributed by atoms with Crippen molar-refractivity contribution in [3.8, 4) is 6.01 Å². The van der Waals surface area contributed by atoms with Gasteiger partial charge in [-0.1, -0.05) is 0 Å². The number of nitrogens with zero attached hydrogens (tertiary/aromatic N) is 2. The lowest BCUT2D eigenvalue weighted by Crippen LogP contribution is -2.31. The molecule has 8 nitrogen and oxygen atoms in total. The van der Waals surface area contributed by atoms with Gasteiger partial charge >= 0.3 is 18.2 Å². The minimum Gasteiger partial charge on any atom is -0.465 e. The van der Waals surface area contributed by atoms with Gasteiger partial charge in [-0.15, -0.1) is 0 Å². The third kappa shape index (κ3) is 2.30. The molecule has 2 rings (SSSR count). The number of rotatable bonds is 1. The number of aromatic amines is 1. The number of carbonyl (C=O) groups excluding carboxylic acids is 1. The molecule has 2 aromatic rings. The summed E-state index contributed by atoms with van der Waals surface area (Å²) in [5, 5.41) is 10.6. The number of nitrogens with one attached hydrogen (secondary N) is 2. The fraction of sp³-hybridized carbons (Fsp3) is 0.111. The average molecular weight is 236 g/mol. The Bertz CT molecular complexity index is 592. The number of aromatic nitrogens is 3. The predicted molar refractivity (Wildman–Crippen MR) is 55.8 cm³/mol. The van der Waals surface area contributed by atoms with Crippen LogP contribution in [-0.2, 0) is 0 Å². The fourth-order valence-corrected chi connectivity index (χ4v) is 1.31. The maximum absolute atomic E-state index is 11.0. The lowest BCUT2D eigenvalue weighted by molar-refractivity contribution is 0.175. The van der Waals surface area contributed by atoms with Crippen molar-refractivity contribution in [3.05, 3.63) is 18.0 Å².